The maximum absolute atomic E-state index is 13.3. The van der Waals surface area contributed by atoms with Crippen LogP contribution in [0.5, 0.6) is 0 Å². The standard InChI is InChI=1S/C22H24N4O/c1-15-10-12-26(13-11-15)22(27)19-14-23-21-18(9-8-16(2)24-21)20(19)25-17-6-4-3-5-7-17/h3-9,14-15H,10-13H2,1-2H3,(H,23,24,25). The van der Waals surface area contributed by atoms with Crippen LogP contribution in [0.2, 0.25) is 0 Å². The number of rotatable bonds is 3. The number of aryl methyl sites for hydroxylation is 1. The van der Waals surface area contributed by atoms with Crippen molar-refractivity contribution in [3.05, 3.63) is 59.9 Å². The minimum absolute atomic E-state index is 0.0373. The maximum Gasteiger partial charge on any atom is 0.257 e. The Morgan fingerprint density at radius 3 is 2.59 bits per heavy atom. The van der Waals surface area contributed by atoms with Gasteiger partial charge >= 0.3 is 0 Å². The van der Waals surface area contributed by atoms with Crippen LogP contribution in [0.3, 0.4) is 0 Å². The highest BCUT2D eigenvalue weighted by Crippen LogP contribution is 2.30. The fourth-order valence-corrected chi connectivity index (χ4v) is 3.52. The zero-order valence-corrected chi connectivity index (χ0v) is 15.8. The van der Waals surface area contributed by atoms with Crippen molar-refractivity contribution in [3.63, 3.8) is 0 Å². The van der Waals surface area contributed by atoms with Gasteiger partial charge in [0.05, 0.1) is 11.3 Å². The van der Waals surface area contributed by atoms with Crippen molar-refractivity contribution in [1.29, 1.82) is 0 Å². The normalized spacial score (nSPS) is 15.1. The van der Waals surface area contributed by atoms with Crippen molar-refractivity contribution in [3.8, 4) is 0 Å². The number of benzene rings is 1. The van der Waals surface area contributed by atoms with Gasteiger partial charge in [0.1, 0.15) is 0 Å². The molecule has 1 N–H and O–H groups in total. The van der Waals surface area contributed by atoms with Gasteiger partial charge in [-0.2, -0.15) is 0 Å². The summed E-state index contributed by atoms with van der Waals surface area (Å²) in [6.45, 7) is 5.79. The van der Waals surface area contributed by atoms with Gasteiger partial charge in [-0.15, -0.1) is 0 Å². The summed E-state index contributed by atoms with van der Waals surface area (Å²) < 4.78 is 0. The number of para-hydroxylation sites is 1. The number of nitrogens with one attached hydrogen (secondary N) is 1. The molecule has 1 saturated heterocycles. The van der Waals surface area contributed by atoms with Gasteiger partial charge in [-0.1, -0.05) is 25.1 Å². The van der Waals surface area contributed by atoms with Crippen molar-refractivity contribution in [2.24, 2.45) is 5.92 Å². The number of fused-ring (bicyclic) bond motifs is 1. The Hall–Kier alpha value is -2.95. The number of anilines is 2. The molecule has 1 amide bonds. The Labute approximate surface area is 159 Å². The average molecular weight is 360 g/mol. The molecule has 4 rings (SSSR count). The first-order chi connectivity index (χ1) is 13.1. The summed E-state index contributed by atoms with van der Waals surface area (Å²) in [6, 6.07) is 13.8. The molecule has 0 unspecified atom stereocenters. The first-order valence-corrected chi connectivity index (χ1v) is 9.49. The van der Waals surface area contributed by atoms with Gasteiger partial charge in [-0.3, -0.25) is 4.79 Å². The number of pyridine rings is 2. The number of piperidine rings is 1. The molecule has 1 fully saturated rings. The molecule has 0 aliphatic carbocycles. The first-order valence-electron chi connectivity index (χ1n) is 9.49. The fraction of sp³-hybridized carbons (Fsp3) is 0.318. The van der Waals surface area contributed by atoms with Crippen LogP contribution >= 0.6 is 0 Å². The Balaban J connectivity index is 1.78. The molecule has 0 saturated carbocycles. The van der Waals surface area contributed by atoms with E-state index in [1.807, 2.05) is 54.3 Å². The number of likely N-dealkylation sites (tertiary alicyclic amines) is 1. The molecule has 0 bridgehead atoms. The predicted octanol–water partition coefficient (Wildman–Crippen LogP) is 4.55. The molecule has 0 spiro atoms. The number of carbonyl (C=O) groups is 1. The summed E-state index contributed by atoms with van der Waals surface area (Å²) in [5, 5.41) is 4.30. The quantitative estimate of drug-likeness (QED) is 0.744. The van der Waals surface area contributed by atoms with Gasteiger partial charge in [0.2, 0.25) is 0 Å². The predicted molar refractivity (Wildman–Crippen MR) is 108 cm³/mol. The molecule has 3 heterocycles. The van der Waals surface area contributed by atoms with Crippen LogP contribution in [0.1, 0.15) is 35.8 Å². The minimum Gasteiger partial charge on any atom is -0.354 e. The summed E-state index contributed by atoms with van der Waals surface area (Å²) in [6.07, 6.45) is 3.77. The number of hydrogen-bond acceptors (Lipinski definition) is 4. The van der Waals surface area contributed by atoms with Gasteiger partial charge < -0.3 is 10.2 Å². The lowest BCUT2D eigenvalue weighted by molar-refractivity contribution is 0.0698. The van der Waals surface area contributed by atoms with Crippen molar-refractivity contribution in [2.45, 2.75) is 26.7 Å². The average Bonchev–Trinajstić information content (AvgIpc) is 2.69. The van der Waals surface area contributed by atoms with E-state index in [1.54, 1.807) is 6.20 Å². The van der Waals surface area contributed by atoms with Crippen molar-refractivity contribution in [2.75, 3.05) is 18.4 Å². The lowest BCUT2D eigenvalue weighted by Crippen LogP contribution is -2.38. The second-order valence-corrected chi connectivity index (χ2v) is 7.34. The van der Waals surface area contributed by atoms with Crippen LogP contribution in [0, 0.1) is 12.8 Å². The third-order valence-electron chi connectivity index (χ3n) is 5.21. The van der Waals surface area contributed by atoms with Crippen LogP contribution < -0.4 is 5.32 Å². The summed E-state index contributed by atoms with van der Waals surface area (Å²) in [7, 11) is 0. The summed E-state index contributed by atoms with van der Waals surface area (Å²) in [5.74, 6) is 0.716. The lowest BCUT2D eigenvalue weighted by Gasteiger charge is -2.31. The summed E-state index contributed by atoms with van der Waals surface area (Å²) in [4.78, 5) is 24.2. The van der Waals surface area contributed by atoms with E-state index in [2.05, 4.69) is 22.2 Å². The zero-order chi connectivity index (χ0) is 18.8. The lowest BCUT2D eigenvalue weighted by atomic mass is 9.98. The topological polar surface area (TPSA) is 58.1 Å². The molecule has 3 aromatic rings. The van der Waals surface area contributed by atoms with E-state index in [4.69, 9.17) is 0 Å². The highest BCUT2D eigenvalue weighted by atomic mass is 16.2. The molecule has 27 heavy (non-hydrogen) atoms. The second-order valence-electron chi connectivity index (χ2n) is 7.34. The van der Waals surface area contributed by atoms with E-state index in [1.165, 1.54) is 0 Å². The zero-order valence-electron chi connectivity index (χ0n) is 15.8. The molecular weight excluding hydrogens is 336 g/mol. The molecule has 1 aliphatic rings. The maximum atomic E-state index is 13.3. The van der Waals surface area contributed by atoms with Crippen molar-refractivity contribution >= 4 is 28.3 Å². The summed E-state index contributed by atoms with van der Waals surface area (Å²) >= 11 is 0. The van der Waals surface area contributed by atoms with E-state index in [0.29, 0.717) is 17.1 Å². The molecule has 1 aromatic carbocycles. The molecule has 5 nitrogen and oxygen atoms in total. The van der Waals surface area contributed by atoms with Crippen LogP contribution in [-0.2, 0) is 0 Å². The van der Waals surface area contributed by atoms with E-state index in [-0.39, 0.29) is 5.91 Å². The summed E-state index contributed by atoms with van der Waals surface area (Å²) in [5.41, 5.74) is 3.88. The largest absolute Gasteiger partial charge is 0.354 e. The van der Waals surface area contributed by atoms with Crippen LogP contribution in [0.15, 0.2) is 48.7 Å². The fourth-order valence-electron chi connectivity index (χ4n) is 3.52. The number of aromatic nitrogens is 2. The van der Waals surface area contributed by atoms with Gasteiger partial charge in [-0.25, -0.2) is 9.97 Å². The van der Waals surface area contributed by atoms with Crippen LogP contribution in [0.25, 0.3) is 11.0 Å². The van der Waals surface area contributed by atoms with E-state index in [0.717, 1.165) is 48.4 Å². The van der Waals surface area contributed by atoms with Crippen molar-refractivity contribution in [1.82, 2.24) is 14.9 Å². The molecule has 1 aliphatic heterocycles. The molecule has 138 valence electrons. The third-order valence-corrected chi connectivity index (χ3v) is 5.21. The number of amides is 1. The molecule has 2 aromatic heterocycles. The molecular formula is C22H24N4O. The Morgan fingerprint density at radius 2 is 1.85 bits per heavy atom. The highest BCUT2D eigenvalue weighted by Gasteiger charge is 2.25. The molecule has 5 heteroatoms. The van der Waals surface area contributed by atoms with E-state index >= 15 is 0 Å². The van der Waals surface area contributed by atoms with Gasteiger partial charge in [0.15, 0.2) is 5.65 Å². The van der Waals surface area contributed by atoms with Gasteiger partial charge in [0.25, 0.3) is 5.91 Å². The van der Waals surface area contributed by atoms with E-state index < -0.39 is 0 Å². The smallest absolute Gasteiger partial charge is 0.257 e. The Kier molecular flexibility index (Phi) is 4.75. The van der Waals surface area contributed by atoms with Gasteiger partial charge in [0, 0.05) is 36.1 Å². The van der Waals surface area contributed by atoms with Gasteiger partial charge in [-0.05, 0) is 49.9 Å². The number of nitrogens with zero attached hydrogens (tertiary/aromatic N) is 3. The van der Waals surface area contributed by atoms with Crippen LogP contribution in [0.4, 0.5) is 11.4 Å². The third kappa shape index (κ3) is 3.63. The second kappa shape index (κ2) is 7.35. The number of carbonyl (C=O) groups excluding carboxylic acids is 1. The molecule has 0 radical (unpaired) electrons. The highest BCUT2D eigenvalue weighted by molar-refractivity contribution is 6.07. The van der Waals surface area contributed by atoms with Crippen molar-refractivity contribution < 1.29 is 4.79 Å². The monoisotopic (exact) mass is 360 g/mol. The Bertz CT molecular complexity index is 963. The Morgan fingerprint density at radius 1 is 1.11 bits per heavy atom. The van der Waals surface area contributed by atoms with Crippen LogP contribution in [-0.4, -0.2) is 33.9 Å². The minimum atomic E-state index is 0.0373. The number of hydrogen-bond donors (Lipinski definition) is 1. The SMILES string of the molecule is Cc1ccc2c(Nc3ccccc3)c(C(=O)N3CCC(C)CC3)cnc2n1. The van der Waals surface area contributed by atoms with E-state index in [9.17, 15) is 4.79 Å². The first kappa shape index (κ1) is 17.5. The molecule has 0 atom stereocenters.